The summed E-state index contributed by atoms with van der Waals surface area (Å²) in [6.07, 6.45) is 5.37. The van der Waals surface area contributed by atoms with E-state index in [0.717, 1.165) is 25.7 Å². The second-order valence-electron chi connectivity index (χ2n) is 11.2. The van der Waals surface area contributed by atoms with Gasteiger partial charge in [-0.05, 0) is 75.2 Å². The molecule has 5 rings (SSSR count). The van der Waals surface area contributed by atoms with E-state index >= 15 is 0 Å². The normalized spacial score (nSPS) is 51.5. The Hall–Kier alpha value is -0.750. The first kappa shape index (κ1) is 21.1. The maximum atomic E-state index is 13.3. The van der Waals surface area contributed by atoms with Crippen LogP contribution in [-0.2, 0) is 19.1 Å². The fourth-order valence-electron chi connectivity index (χ4n) is 8.38. The molecule has 0 amide bonds. The largest absolute Gasteiger partial charge is 0.393 e. The summed E-state index contributed by atoms with van der Waals surface area (Å²) in [4.78, 5) is 25.4. The lowest BCUT2D eigenvalue weighted by Crippen LogP contribution is -2.63. The summed E-state index contributed by atoms with van der Waals surface area (Å²) < 4.78 is 12.7. The van der Waals surface area contributed by atoms with Crippen molar-refractivity contribution in [3.05, 3.63) is 11.6 Å². The van der Waals surface area contributed by atoms with Gasteiger partial charge in [0, 0.05) is 11.8 Å². The predicted molar refractivity (Wildman–Crippen MR) is 112 cm³/mol. The lowest BCUT2D eigenvalue weighted by Gasteiger charge is -2.60. The van der Waals surface area contributed by atoms with E-state index in [1.54, 1.807) is 0 Å². The van der Waals surface area contributed by atoms with Gasteiger partial charge in [0.05, 0.1) is 18.1 Å². The maximum Gasteiger partial charge on any atom is 0.182 e. The number of hydrogen-bond donors (Lipinski definition) is 1. The molecule has 30 heavy (non-hydrogen) atoms. The average molecular weight is 437 g/mol. The molecule has 0 bridgehead atoms. The average Bonchev–Trinajstić information content (AvgIpc) is 3.07. The molecule has 0 aromatic rings. The second kappa shape index (κ2) is 6.40. The molecule has 1 heterocycles. The van der Waals surface area contributed by atoms with Gasteiger partial charge in [-0.2, -0.15) is 0 Å². The molecule has 5 unspecified atom stereocenters. The third-order valence-corrected chi connectivity index (χ3v) is 9.67. The van der Waals surface area contributed by atoms with Crippen molar-refractivity contribution in [1.82, 2.24) is 0 Å². The van der Waals surface area contributed by atoms with Crippen molar-refractivity contribution in [2.45, 2.75) is 89.8 Å². The lowest BCUT2D eigenvalue weighted by atomic mass is 9.45. The molecule has 0 aromatic carbocycles. The number of ether oxygens (including phenoxy) is 2. The van der Waals surface area contributed by atoms with Gasteiger partial charge in [-0.15, -0.1) is 11.6 Å². The van der Waals surface area contributed by atoms with Gasteiger partial charge in [-0.1, -0.05) is 19.4 Å². The van der Waals surface area contributed by atoms with Crippen molar-refractivity contribution in [2.75, 3.05) is 5.88 Å². The number of ketones is 2. The molecular weight excluding hydrogens is 404 g/mol. The SMILES string of the molecule is CC1(C)O[C@@H]2CC3C4CCC5=CC(=O)CCC5(C)C4[C@@H](O)CC3(C)[C@]2(C(=O)CCl)O1. The summed E-state index contributed by atoms with van der Waals surface area (Å²) in [6.45, 7) is 8.06. The van der Waals surface area contributed by atoms with Crippen LogP contribution in [0.5, 0.6) is 0 Å². The summed E-state index contributed by atoms with van der Waals surface area (Å²) >= 11 is 6.09. The van der Waals surface area contributed by atoms with Gasteiger partial charge in [-0.25, -0.2) is 0 Å². The van der Waals surface area contributed by atoms with Crippen molar-refractivity contribution in [2.24, 2.45) is 28.6 Å². The number of aliphatic hydroxyl groups is 1. The molecule has 5 aliphatic rings. The van der Waals surface area contributed by atoms with E-state index in [2.05, 4.69) is 13.8 Å². The minimum atomic E-state index is -1.10. The molecule has 5 nitrogen and oxygen atoms in total. The smallest absolute Gasteiger partial charge is 0.182 e. The maximum absolute atomic E-state index is 13.3. The van der Waals surface area contributed by atoms with Gasteiger partial charge >= 0.3 is 0 Å². The van der Waals surface area contributed by atoms with Gasteiger partial charge in [-0.3, -0.25) is 9.59 Å². The van der Waals surface area contributed by atoms with Gasteiger partial charge < -0.3 is 14.6 Å². The number of alkyl halides is 1. The van der Waals surface area contributed by atoms with E-state index in [4.69, 9.17) is 21.1 Å². The Kier molecular flexibility index (Phi) is 4.50. The molecule has 166 valence electrons. The van der Waals surface area contributed by atoms with Crippen molar-refractivity contribution >= 4 is 23.2 Å². The molecule has 8 atom stereocenters. The zero-order chi connectivity index (χ0) is 21.7. The molecule has 3 saturated carbocycles. The second-order valence-corrected chi connectivity index (χ2v) is 11.5. The number of halogens is 1. The number of allylic oxidation sites excluding steroid dienone is 1. The summed E-state index contributed by atoms with van der Waals surface area (Å²) in [5, 5.41) is 11.6. The summed E-state index contributed by atoms with van der Waals surface area (Å²) in [7, 11) is 0. The third kappa shape index (κ3) is 2.47. The predicted octanol–water partition coefficient (Wildman–Crippen LogP) is 3.80. The highest BCUT2D eigenvalue weighted by molar-refractivity contribution is 6.29. The van der Waals surface area contributed by atoms with E-state index < -0.39 is 22.9 Å². The monoisotopic (exact) mass is 436 g/mol. The Bertz CT molecular complexity index is 835. The molecular formula is C24H33ClO5. The number of carbonyl (C=O) groups is 2. The van der Waals surface area contributed by atoms with Crippen LogP contribution in [0.4, 0.5) is 0 Å². The van der Waals surface area contributed by atoms with Gasteiger partial charge in [0.2, 0.25) is 0 Å². The zero-order valence-corrected chi connectivity index (χ0v) is 19.1. The molecule has 6 heteroatoms. The zero-order valence-electron chi connectivity index (χ0n) is 18.4. The first-order valence-corrected chi connectivity index (χ1v) is 11.9. The minimum Gasteiger partial charge on any atom is -0.393 e. The first-order chi connectivity index (χ1) is 14.0. The third-order valence-electron chi connectivity index (χ3n) is 9.42. The highest BCUT2D eigenvalue weighted by Crippen LogP contribution is 2.70. The van der Waals surface area contributed by atoms with Crippen LogP contribution in [0.25, 0.3) is 0 Å². The van der Waals surface area contributed by atoms with Crippen molar-refractivity contribution in [1.29, 1.82) is 0 Å². The summed E-state index contributed by atoms with van der Waals surface area (Å²) in [5.74, 6) is -0.289. The summed E-state index contributed by atoms with van der Waals surface area (Å²) in [5.41, 5.74) is -0.574. The lowest BCUT2D eigenvalue weighted by molar-refractivity contribution is -0.225. The molecule has 0 spiro atoms. The minimum absolute atomic E-state index is 0.0960. The fourth-order valence-corrected chi connectivity index (χ4v) is 8.58. The van der Waals surface area contributed by atoms with Gasteiger partial charge in [0.15, 0.2) is 23.0 Å². The number of Topliss-reactive ketones (excluding diaryl/α,β-unsaturated/α-hetero) is 1. The van der Waals surface area contributed by atoms with Crippen LogP contribution in [0.15, 0.2) is 11.6 Å². The number of aliphatic hydroxyl groups excluding tert-OH is 1. The van der Waals surface area contributed by atoms with Crippen LogP contribution in [0.1, 0.15) is 66.2 Å². The molecule has 0 radical (unpaired) electrons. The van der Waals surface area contributed by atoms with E-state index in [1.807, 2.05) is 19.9 Å². The van der Waals surface area contributed by atoms with Gasteiger partial charge in [0.1, 0.15) is 0 Å². The number of fused-ring (bicyclic) bond motifs is 7. The Morgan fingerprint density at radius 1 is 1.27 bits per heavy atom. The highest BCUT2D eigenvalue weighted by Gasteiger charge is 2.76. The molecule has 4 aliphatic carbocycles. The fraction of sp³-hybridized carbons (Fsp3) is 0.833. The Morgan fingerprint density at radius 2 is 2.00 bits per heavy atom. The summed E-state index contributed by atoms with van der Waals surface area (Å²) in [6, 6.07) is 0. The highest BCUT2D eigenvalue weighted by atomic mass is 35.5. The van der Waals surface area contributed by atoms with Crippen LogP contribution < -0.4 is 0 Å². The van der Waals surface area contributed by atoms with E-state index in [-0.39, 0.29) is 46.7 Å². The standard InChI is InChI=1S/C24H33ClO5/c1-21(2)29-19-10-16-15-6-5-13-9-14(26)7-8-22(13,3)20(15)17(27)11-23(16,4)24(19,30-21)18(28)12-25/h9,15-17,19-20,27H,5-8,10-12H2,1-4H3/t15?,16?,17-,19+,20?,22?,23?,24+/m0/s1. The number of carbonyl (C=O) groups excluding carboxylic acids is 2. The Labute approximate surface area is 183 Å². The number of rotatable bonds is 2. The van der Waals surface area contributed by atoms with Crippen LogP contribution in [0, 0.1) is 28.6 Å². The van der Waals surface area contributed by atoms with Crippen molar-refractivity contribution < 1.29 is 24.2 Å². The molecule has 0 aromatic heterocycles. The molecule has 1 saturated heterocycles. The van der Waals surface area contributed by atoms with Gasteiger partial charge in [0.25, 0.3) is 0 Å². The van der Waals surface area contributed by atoms with Crippen molar-refractivity contribution in [3.63, 3.8) is 0 Å². The Balaban J connectivity index is 1.58. The van der Waals surface area contributed by atoms with Crippen molar-refractivity contribution in [3.8, 4) is 0 Å². The topological polar surface area (TPSA) is 72.8 Å². The Morgan fingerprint density at radius 3 is 2.70 bits per heavy atom. The van der Waals surface area contributed by atoms with Crippen LogP contribution in [-0.4, -0.2) is 46.1 Å². The molecule has 4 fully saturated rings. The van der Waals surface area contributed by atoms with E-state index in [9.17, 15) is 14.7 Å². The van der Waals surface area contributed by atoms with Crippen LogP contribution in [0.3, 0.4) is 0 Å². The van der Waals surface area contributed by atoms with Crippen LogP contribution >= 0.6 is 11.6 Å². The number of hydrogen-bond acceptors (Lipinski definition) is 5. The van der Waals surface area contributed by atoms with Crippen LogP contribution in [0.2, 0.25) is 0 Å². The first-order valence-electron chi connectivity index (χ1n) is 11.4. The quantitative estimate of drug-likeness (QED) is 0.666. The molecule has 1 N–H and O–H groups in total. The van der Waals surface area contributed by atoms with E-state index in [1.165, 1.54) is 5.57 Å². The van der Waals surface area contributed by atoms with E-state index in [0.29, 0.717) is 12.8 Å². The molecule has 1 aliphatic heterocycles.